The molecule has 0 bridgehead atoms. The van der Waals surface area contributed by atoms with Gasteiger partial charge in [0.05, 0.1) is 5.56 Å². The molecule has 7 N–H and O–H groups in total. The number of ether oxygens (including phenoxy) is 1. The van der Waals surface area contributed by atoms with Crippen molar-refractivity contribution < 1.29 is 44.3 Å². The van der Waals surface area contributed by atoms with Gasteiger partial charge in [-0.2, -0.15) is 0 Å². The lowest BCUT2D eigenvalue weighted by atomic mass is 9.59. The fraction of sp³-hybridized carbons (Fsp3) is 0.310. The monoisotopic (exact) mass is 641 g/mol. The summed E-state index contributed by atoms with van der Waals surface area (Å²) < 4.78 is 6.06. The van der Waals surface area contributed by atoms with Gasteiger partial charge in [-0.1, -0.05) is 15.9 Å². The summed E-state index contributed by atoms with van der Waals surface area (Å²) in [7, 11) is 3.50. The Labute approximate surface area is 248 Å². The van der Waals surface area contributed by atoms with E-state index in [4.69, 9.17) is 10.5 Å². The number of carbonyl (C=O) groups is 4. The Morgan fingerprint density at radius 1 is 1.14 bits per heavy atom. The van der Waals surface area contributed by atoms with E-state index in [0.29, 0.717) is 17.0 Å². The van der Waals surface area contributed by atoms with E-state index in [-0.39, 0.29) is 36.1 Å². The summed E-state index contributed by atoms with van der Waals surface area (Å²) in [4.78, 5) is 52.3. The molecule has 3 aliphatic rings. The molecule has 12 nitrogen and oxygen atoms in total. The lowest BCUT2D eigenvalue weighted by Gasteiger charge is -2.46. The average molecular weight is 642 g/mol. The number of Topliss-reactive ketones (excluding diaryl/α,β-unsaturated/α-hetero) is 2. The van der Waals surface area contributed by atoms with Gasteiger partial charge in [0.15, 0.2) is 11.4 Å². The van der Waals surface area contributed by atoms with Crippen molar-refractivity contribution in [3.8, 4) is 11.5 Å². The molecule has 0 aromatic heterocycles. The Morgan fingerprint density at radius 2 is 1.81 bits per heavy atom. The van der Waals surface area contributed by atoms with Crippen molar-refractivity contribution in [2.45, 2.75) is 31.4 Å². The first-order valence-electron chi connectivity index (χ1n) is 13.0. The molecule has 0 saturated heterocycles. The summed E-state index contributed by atoms with van der Waals surface area (Å²) in [5.41, 5.74) is 2.75. The zero-order valence-electron chi connectivity index (χ0n) is 22.6. The third-order valence-electron chi connectivity index (χ3n) is 8.05. The van der Waals surface area contributed by atoms with Crippen LogP contribution in [0.3, 0.4) is 0 Å². The molecule has 3 atom stereocenters. The van der Waals surface area contributed by atoms with Crippen LogP contribution in [0.2, 0.25) is 0 Å². The summed E-state index contributed by atoms with van der Waals surface area (Å²) in [6.07, 6.45) is -0.996. The average Bonchev–Trinajstić information content (AvgIpc) is 2.91. The number of nitrogens with two attached hydrogens (primary N) is 1. The molecule has 0 spiro atoms. The van der Waals surface area contributed by atoms with Crippen LogP contribution in [0, 0.1) is 11.8 Å². The number of carbonyl (C=O) groups excluding carboxylic acids is 4. The van der Waals surface area contributed by atoms with E-state index in [2.05, 4.69) is 21.2 Å². The molecule has 0 aliphatic heterocycles. The summed E-state index contributed by atoms with van der Waals surface area (Å²) in [5.74, 6) is -6.71. The van der Waals surface area contributed by atoms with Crippen LogP contribution in [0.25, 0.3) is 5.76 Å². The second-order valence-corrected chi connectivity index (χ2v) is 11.7. The second kappa shape index (κ2) is 10.5. The Kier molecular flexibility index (Phi) is 7.27. The molecule has 220 valence electrons. The minimum Gasteiger partial charge on any atom is -0.508 e. The summed E-state index contributed by atoms with van der Waals surface area (Å²) in [6.45, 7) is -0.199. The van der Waals surface area contributed by atoms with Gasteiger partial charge in [-0.05, 0) is 54.7 Å². The fourth-order valence-electron chi connectivity index (χ4n) is 6.07. The number of phenolic OH excluding ortho intramolecular Hbond substituents is 1. The number of aliphatic hydroxyl groups excluding tert-OH is 2. The highest BCUT2D eigenvalue weighted by Crippen LogP contribution is 2.53. The van der Waals surface area contributed by atoms with Crippen LogP contribution in [-0.2, 0) is 27.3 Å². The lowest BCUT2D eigenvalue weighted by molar-refractivity contribution is -0.147. The van der Waals surface area contributed by atoms with Crippen LogP contribution >= 0.6 is 15.9 Å². The van der Waals surface area contributed by atoms with Crippen molar-refractivity contribution in [1.29, 1.82) is 0 Å². The van der Waals surface area contributed by atoms with Gasteiger partial charge >= 0.3 is 6.09 Å². The van der Waals surface area contributed by atoms with Gasteiger partial charge in [0, 0.05) is 54.3 Å². The number of aliphatic hydroxyl groups is 3. The first kappa shape index (κ1) is 29.1. The van der Waals surface area contributed by atoms with Crippen molar-refractivity contribution in [1.82, 2.24) is 5.32 Å². The first-order valence-corrected chi connectivity index (χ1v) is 13.8. The van der Waals surface area contributed by atoms with E-state index >= 15 is 0 Å². The van der Waals surface area contributed by atoms with E-state index in [0.717, 1.165) is 4.47 Å². The molecule has 2 amide bonds. The molecular formula is C29H28BrN3O9. The van der Waals surface area contributed by atoms with Gasteiger partial charge in [0.25, 0.3) is 5.91 Å². The predicted octanol–water partition coefficient (Wildman–Crippen LogP) is 2.54. The molecule has 5 rings (SSSR count). The molecule has 13 heteroatoms. The standard InChI is InChI=1S/C29H28BrN3O9/c1-33(2)18-9-13(11-32-28(40)42-16-5-3-15(30)4-6-16)23(35)21-17(18)8-12-7-14-10-19(34)22(27(31)39)26(38)29(14,41)25(37)20(12)24(21)36/h3-6,9,12,14,35-36,38,41H,7-8,10-11H2,1-2H3,(H2,31,39)(H,32,40)/t12-,14+,29+/m1/s1. The first-order chi connectivity index (χ1) is 19.7. The van der Waals surface area contributed by atoms with Gasteiger partial charge in [-0.3, -0.25) is 14.4 Å². The highest BCUT2D eigenvalue weighted by molar-refractivity contribution is 9.10. The number of nitrogens with one attached hydrogen (secondary N) is 1. The van der Waals surface area contributed by atoms with E-state index in [1.165, 1.54) is 0 Å². The maximum Gasteiger partial charge on any atom is 0.412 e. The minimum atomic E-state index is -2.65. The number of anilines is 1. The Balaban J connectivity index is 1.54. The summed E-state index contributed by atoms with van der Waals surface area (Å²) >= 11 is 3.30. The maximum atomic E-state index is 13.8. The number of halogens is 1. The quantitative estimate of drug-likeness (QED) is 0.264. The highest BCUT2D eigenvalue weighted by Gasteiger charge is 2.60. The third kappa shape index (κ3) is 4.58. The molecule has 1 saturated carbocycles. The lowest BCUT2D eigenvalue weighted by Crippen LogP contribution is -2.58. The van der Waals surface area contributed by atoms with Gasteiger partial charge in [0.2, 0.25) is 5.78 Å². The predicted molar refractivity (Wildman–Crippen MR) is 153 cm³/mol. The van der Waals surface area contributed by atoms with Crippen LogP contribution in [0.4, 0.5) is 10.5 Å². The third-order valence-corrected chi connectivity index (χ3v) is 8.58. The van der Waals surface area contributed by atoms with Gasteiger partial charge < -0.3 is 41.1 Å². The molecule has 0 heterocycles. The number of primary amides is 1. The molecule has 3 aliphatic carbocycles. The number of hydrogen-bond donors (Lipinski definition) is 6. The summed E-state index contributed by atoms with van der Waals surface area (Å²) in [5, 5.41) is 47.4. The van der Waals surface area contributed by atoms with Crippen molar-refractivity contribution in [2.24, 2.45) is 17.6 Å². The van der Waals surface area contributed by atoms with Crippen LogP contribution in [0.15, 0.2) is 51.7 Å². The van der Waals surface area contributed by atoms with Gasteiger partial charge in [0.1, 0.15) is 28.6 Å². The van der Waals surface area contributed by atoms with Crippen LogP contribution in [0.5, 0.6) is 11.5 Å². The van der Waals surface area contributed by atoms with E-state index < -0.39 is 70.3 Å². The minimum absolute atomic E-state index is 0.0295. The van der Waals surface area contributed by atoms with Crippen molar-refractivity contribution in [3.63, 3.8) is 0 Å². The SMILES string of the molecule is CN(C)c1cc(CNC(=O)Oc2ccc(Br)cc2)c(O)c2c1C[C@H]1C[C@H]3CC(=O)C(C(N)=O)=C(O)[C@@]3(O)C(=O)C1=C2O. The zero-order chi connectivity index (χ0) is 30.7. The molecule has 42 heavy (non-hydrogen) atoms. The number of benzene rings is 2. The van der Waals surface area contributed by atoms with Crippen LogP contribution < -0.4 is 20.7 Å². The van der Waals surface area contributed by atoms with Gasteiger partial charge in [-0.15, -0.1) is 0 Å². The Morgan fingerprint density at radius 3 is 2.43 bits per heavy atom. The molecule has 0 unspecified atom stereocenters. The van der Waals surface area contributed by atoms with Crippen LogP contribution in [-0.4, -0.2) is 63.7 Å². The molecule has 2 aromatic carbocycles. The number of amides is 2. The Bertz CT molecular complexity index is 1610. The number of phenols is 1. The molecular weight excluding hydrogens is 614 g/mol. The molecule has 0 radical (unpaired) electrons. The van der Waals surface area contributed by atoms with E-state index in [1.54, 1.807) is 49.3 Å². The molecule has 2 aromatic rings. The largest absolute Gasteiger partial charge is 0.508 e. The molecule has 1 fully saturated rings. The highest BCUT2D eigenvalue weighted by atomic mass is 79.9. The van der Waals surface area contributed by atoms with E-state index in [9.17, 15) is 39.6 Å². The normalized spacial score (nSPS) is 23.1. The van der Waals surface area contributed by atoms with Gasteiger partial charge in [-0.25, -0.2) is 4.79 Å². The second-order valence-electron chi connectivity index (χ2n) is 10.8. The number of rotatable bonds is 5. The van der Waals surface area contributed by atoms with E-state index in [1.807, 2.05) is 0 Å². The number of nitrogens with zero attached hydrogens (tertiary/aromatic N) is 1. The maximum absolute atomic E-state index is 13.8. The Hall–Kier alpha value is -4.36. The van der Waals surface area contributed by atoms with Crippen molar-refractivity contribution >= 4 is 50.9 Å². The number of fused-ring (bicyclic) bond motifs is 3. The zero-order valence-corrected chi connectivity index (χ0v) is 24.2. The number of hydrogen-bond acceptors (Lipinski definition) is 10. The number of ketones is 2. The smallest absolute Gasteiger partial charge is 0.412 e. The number of aromatic hydroxyl groups is 1. The topological polar surface area (TPSA) is 200 Å². The van der Waals surface area contributed by atoms with Crippen LogP contribution in [0.1, 0.15) is 29.5 Å². The van der Waals surface area contributed by atoms with Crippen molar-refractivity contribution in [3.05, 3.63) is 68.4 Å². The fourth-order valence-corrected chi connectivity index (χ4v) is 6.33. The summed E-state index contributed by atoms with van der Waals surface area (Å²) in [6, 6.07) is 8.22. The van der Waals surface area contributed by atoms with Crippen molar-refractivity contribution in [2.75, 3.05) is 19.0 Å².